The van der Waals surface area contributed by atoms with Crippen LogP contribution in [0.1, 0.15) is 5.56 Å². The van der Waals surface area contributed by atoms with E-state index < -0.39 is 0 Å². The Morgan fingerprint density at radius 1 is 0.611 bits per heavy atom. The van der Waals surface area contributed by atoms with Crippen molar-refractivity contribution in [3.63, 3.8) is 0 Å². The van der Waals surface area contributed by atoms with Crippen LogP contribution in [0.3, 0.4) is 0 Å². The Morgan fingerprint density at radius 3 is 1.44 bits per heavy atom. The quantitative estimate of drug-likeness (QED) is 0.666. The molecular weight excluding hydrogens is 224 g/mol. The fraction of sp³-hybridized carbons (Fsp3) is 0.143. The molecule has 0 radical (unpaired) electrons. The van der Waals surface area contributed by atoms with Gasteiger partial charge < -0.3 is 0 Å². The first kappa shape index (κ1) is 12.1. The molecule has 4 nitrogen and oxygen atoms in total. The average molecular weight is 238 g/mol. The number of azo groups is 2. The van der Waals surface area contributed by atoms with Crippen LogP contribution in [0.25, 0.3) is 0 Å². The van der Waals surface area contributed by atoms with E-state index in [0.717, 1.165) is 17.1 Å². The monoisotopic (exact) mass is 238 g/mol. The summed E-state index contributed by atoms with van der Waals surface area (Å²) in [5, 5.41) is 16.0. The molecule has 2 aromatic carbocycles. The second kappa shape index (κ2) is 5.82. The lowest BCUT2D eigenvalue weighted by molar-refractivity contribution is 1.16. The molecule has 0 saturated heterocycles. The van der Waals surface area contributed by atoms with Crippen molar-refractivity contribution in [2.75, 3.05) is 7.05 Å². The van der Waals surface area contributed by atoms with Crippen LogP contribution < -0.4 is 0 Å². The van der Waals surface area contributed by atoms with Gasteiger partial charge in [-0.1, -0.05) is 17.7 Å². The van der Waals surface area contributed by atoms with Crippen molar-refractivity contribution in [2.45, 2.75) is 6.92 Å². The molecule has 0 aliphatic heterocycles. The van der Waals surface area contributed by atoms with Gasteiger partial charge in [-0.15, -0.1) is 0 Å². The molecule has 90 valence electrons. The highest BCUT2D eigenvalue weighted by molar-refractivity contribution is 5.47. The summed E-state index contributed by atoms with van der Waals surface area (Å²) in [7, 11) is 1.64. The topological polar surface area (TPSA) is 49.4 Å². The number of hydrogen-bond acceptors (Lipinski definition) is 4. The number of rotatable bonds is 3. The Labute approximate surface area is 106 Å². The van der Waals surface area contributed by atoms with Crippen molar-refractivity contribution in [1.29, 1.82) is 0 Å². The van der Waals surface area contributed by atoms with Crippen LogP contribution in [0.5, 0.6) is 0 Å². The summed E-state index contributed by atoms with van der Waals surface area (Å²) in [6, 6.07) is 15.4. The molecular formula is C14H14N4. The highest BCUT2D eigenvalue weighted by Gasteiger charge is 1.92. The molecule has 0 amide bonds. The summed E-state index contributed by atoms with van der Waals surface area (Å²) in [6.45, 7) is 2.04. The summed E-state index contributed by atoms with van der Waals surface area (Å²) in [4.78, 5) is 0. The molecule has 18 heavy (non-hydrogen) atoms. The fourth-order valence-corrected chi connectivity index (χ4v) is 1.43. The Morgan fingerprint density at radius 2 is 1.00 bits per heavy atom. The SMILES string of the molecule is CN=Nc1ccc(N=Nc2ccc(C)cc2)cc1. The van der Waals surface area contributed by atoms with Crippen LogP contribution in [-0.2, 0) is 0 Å². The Balaban J connectivity index is 2.11. The standard InChI is InChI=1S/C14H14N4/c1-11-3-5-13(6-4-11)17-18-14-9-7-12(8-10-14)16-15-2/h3-10H,1-2H3. The summed E-state index contributed by atoms with van der Waals surface area (Å²) >= 11 is 0. The lowest BCUT2D eigenvalue weighted by atomic mass is 10.2. The maximum Gasteiger partial charge on any atom is 0.0858 e. The average Bonchev–Trinajstić information content (AvgIpc) is 2.40. The Hall–Kier alpha value is -2.36. The van der Waals surface area contributed by atoms with Gasteiger partial charge in [-0.3, -0.25) is 0 Å². The van der Waals surface area contributed by atoms with Gasteiger partial charge in [0.25, 0.3) is 0 Å². The van der Waals surface area contributed by atoms with Crippen LogP contribution in [0.4, 0.5) is 17.1 Å². The van der Waals surface area contributed by atoms with E-state index in [2.05, 4.69) is 20.5 Å². The van der Waals surface area contributed by atoms with E-state index in [0.29, 0.717) is 0 Å². The molecule has 0 N–H and O–H groups in total. The predicted molar refractivity (Wildman–Crippen MR) is 72.2 cm³/mol. The van der Waals surface area contributed by atoms with Crippen molar-refractivity contribution < 1.29 is 0 Å². The van der Waals surface area contributed by atoms with Crippen LogP contribution in [0.2, 0.25) is 0 Å². The molecule has 2 aromatic rings. The first-order chi connectivity index (χ1) is 8.78. The van der Waals surface area contributed by atoms with E-state index in [1.807, 2.05) is 55.5 Å². The van der Waals surface area contributed by atoms with E-state index in [1.54, 1.807) is 7.05 Å². The van der Waals surface area contributed by atoms with E-state index in [9.17, 15) is 0 Å². The molecule has 0 aliphatic carbocycles. The number of hydrogen-bond donors (Lipinski definition) is 0. The van der Waals surface area contributed by atoms with Crippen LogP contribution >= 0.6 is 0 Å². The third kappa shape index (κ3) is 3.31. The van der Waals surface area contributed by atoms with Gasteiger partial charge in [-0.25, -0.2) is 0 Å². The van der Waals surface area contributed by atoms with Gasteiger partial charge in [-0.2, -0.15) is 20.5 Å². The second-order valence-electron chi connectivity index (χ2n) is 3.85. The molecule has 0 aliphatic rings. The van der Waals surface area contributed by atoms with E-state index in [1.165, 1.54) is 5.56 Å². The molecule has 0 fully saturated rings. The van der Waals surface area contributed by atoms with Crippen molar-refractivity contribution >= 4 is 17.1 Å². The maximum atomic E-state index is 4.16. The van der Waals surface area contributed by atoms with Gasteiger partial charge in [0.15, 0.2) is 0 Å². The zero-order valence-corrected chi connectivity index (χ0v) is 10.4. The van der Waals surface area contributed by atoms with Gasteiger partial charge in [0, 0.05) is 7.05 Å². The summed E-state index contributed by atoms with van der Waals surface area (Å²) < 4.78 is 0. The Kier molecular flexibility index (Phi) is 3.91. The van der Waals surface area contributed by atoms with Crippen LogP contribution in [0, 0.1) is 6.92 Å². The molecule has 2 rings (SSSR count). The number of nitrogens with zero attached hydrogens (tertiary/aromatic N) is 4. The molecule has 0 spiro atoms. The first-order valence-electron chi connectivity index (χ1n) is 5.66. The highest BCUT2D eigenvalue weighted by Crippen LogP contribution is 2.21. The molecule has 0 unspecified atom stereocenters. The summed E-state index contributed by atoms with van der Waals surface area (Å²) in [6.07, 6.45) is 0. The van der Waals surface area contributed by atoms with Crippen molar-refractivity contribution in [3.8, 4) is 0 Å². The Bertz CT molecular complexity index is 553. The van der Waals surface area contributed by atoms with Crippen LogP contribution in [-0.4, -0.2) is 7.05 Å². The van der Waals surface area contributed by atoms with E-state index in [4.69, 9.17) is 0 Å². The van der Waals surface area contributed by atoms with Crippen molar-refractivity contribution in [2.24, 2.45) is 20.5 Å². The minimum atomic E-state index is 0.797. The summed E-state index contributed by atoms with van der Waals surface area (Å²) in [5.74, 6) is 0. The predicted octanol–water partition coefficient (Wildman–Crippen LogP) is 5.12. The molecule has 0 heterocycles. The van der Waals surface area contributed by atoms with Crippen molar-refractivity contribution in [1.82, 2.24) is 0 Å². The smallest absolute Gasteiger partial charge is 0.0858 e. The molecule has 0 aromatic heterocycles. The second-order valence-corrected chi connectivity index (χ2v) is 3.85. The zero-order valence-electron chi connectivity index (χ0n) is 10.4. The third-order valence-electron chi connectivity index (χ3n) is 2.38. The van der Waals surface area contributed by atoms with Crippen molar-refractivity contribution in [3.05, 3.63) is 54.1 Å². The van der Waals surface area contributed by atoms with E-state index >= 15 is 0 Å². The minimum Gasteiger partial charge on any atom is -0.192 e. The maximum absolute atomic E-state index is 4.16. The zero-order chi connectivity index (χ0) is 12.8. The number of aryl methyl sites for hydroxylation is 1. The van der Waals surface area contributed by atoms with Gasteiger partial charge in [0.05, 0.1) is 17.1 Å². The van der Waals surface area contributed by atoms with Gasteiger partial charge in [0.2, 0.25) is 0 Å². The molecule has 0 atom stereocenters. The third-order valence-corrected chi connectivity index (χ3v) is 2.38. The van der Waals surface area contributed by atoms with Crippen LogP contribution in [0.15, 0.2) is 69.0 Å². The highest BCUT2D eigenvalue weighted by atomic mass is 15.1. The number of benzene rings is 2. The fourth-order valence-electron chi connectivity index (χ4n) is 1.43. The first-order valence-corrected chi connectivity index (χ1v) is 5.66. The lowest BCUT2D eigenvalue weighted by Crippen LogP contribution is -1.68. The van der Waals surface area contributed by atoms with Gasteiger partial charge in [0.1, 0.15) is 0 Å². The molecule has 0 saturated carbocycles. The largest absolute Gasteiger partial charge is 0.192 e. The van der Waals surface area contributed by atoms with Gasteiger partial charge >= 0.3 is 0 Å². The normalized spacial score (nSPS) is 11.4. The summed E-state index contributed by atoms with van der Waals surface area (Å²) in [5.41, 5.74) is 3.67. The van der Waals surface area contributed by atoms with E-state index in [-0.39, 0.29) is 0 Å². The lowest BCUT2D eigenvalue weighted by Gasteiger charge is -1.95. The minimum absolute atomic E-state index is 0.797. The molecule has 4 heteroatoms. The molecule has 0 bridgehead atoms. The van der Waals surface area contributed by atoms with Gasteiger partial charge in [-0.05, 0) is 43.3 Å².